The third kappa shape index (κ3) is 3.93. The van der Waals surface area contributed by atoms with E-state index in [0.29, 0.717) is 0 Å². The highest BCUT2D eigenvalue weighted by Gasteiger charge is 2.17. The number of nitrogens with zero attached hydrogens (tertiary/aromatic N) is 2. The fraction of sp³-hybridized carbons (Fsp3) is 0.556. The molecule has 5 heteroatoms. The van der Waals surface area contributed by atoms with E-state index in [1.807, 2.05) is 0 Å². The number of aromatic nitrogens is 2. The Morgan fingerprint density at radius 1 is 1.50 bits per heavy atom. The molecule has 0 saturated carbocycles. The lowest BCUT2D eigenvalue weighted by Gasteiger charge is -2.18. The molecule has 1 aromatic heterocycles. The summed E-state index contributed by atoms with van der Waals surface area (Å²) in [5, 5.41) is 3.87. The second-order valence-corrected chi connectivity index (χ2v) is 3.78. The van der Waals surface area contributed by atoms with Crippen LogP contribution in [0.5, 0.6) is 0 Å². The van der Waals surface area contributed by atoms with Gasteiger partial charge in [0.2, 0.25) is 0 Å². The zero-order chi connectivity index (χ0) is 10.6. The van der Waals surface area contributed by atoms with Gasteiger partial charge in [0, 0.05) is 12.4 Å². The van der Waals surface area contributed by atoms with Gasteiger partial charge in [0.05, 0.1) is 0 Å². The predicted molar refractivity (Wildman–Crippen MR) is 49.5 cm³/mol. The fourth-order valence-corrected chi connectivity index (χ4v) is 0.775. The standard InChI is InChI=1S/C9H14N2O3/c1-9(2,3)14-8(12)13-7-11-6-4-5-10-11/h4-6H,7H2,1-3H3. The van der Waals surface area contributed by atoms with E-state index in [-0.39, 0.29) is 6.73 Å². The summed E-state index contributed by atoms with van der Waals surface area (Å²) >= 11 is 0. The van der Waals surface area contributed by atoms with Crippen LogP contribution in [0, 0.1) is 0 Å². The maximum Gasteiger partial charge on any atom is 0.510 e. The summed E-state index contributed by atoms with van der Waals surface area (Å²) in [4.78, 5) is 11.1. The van der Waals surface area contributed by atoms with Crippen molar-refractivity contribution in [2.75, 3.05) is 0 Å². The highest BCUT2D eigenvalue weighted by Crippen LogP contribution is 2.08. The van der Waals surface area contributed by atoms with E-state index in [1.54, 1.807) is 39.2 Å². The first-order valence-corrected chi connectivity index (χ1v) is 4.30. The van der Waals surface area contributed by atoms with Crippen molar-refractivity contribution in [3.63, 3.8) is 0 Å². The minimum Gasteiger partial charge on any atom is -0.429 e. The van der Waals surface area contributed by atoms with Crippen molar-refractivity contribution in [1.29, 1.82) is 0 Å². The first kappa shape index (κ1) is 10.6. The Kier molecular flexibility index (Phi) is 3.11. The van der Waals surface area contributed by atoms with Crippen LogP contribution in [0.25, 0.3) is 0 Å². The van der Waals surface area contributed by atoms with Gasteiger partial charge in [-0.2, -0.15) is 5.10 Å². The normalized spacial score (nSPS) is 11.1. The molecule has 0 aromatic carbocycles. The second kappa shape index (κ2) is 4.13. The number of carbonyl (C=O) groups excluding carboxylic acids is 1. The van der Waals surface area contributed by atoms with E-state index in [9.17, 15) is 4.79 Å². The molecule has 5 nitrogen and oxygen atoms in total. The Morgan fingerprint density at radius 2 is 2.21 bits per heavy atom. The Bertz CT molecular complexity index is 288. The maximum atomic E-state index is 11.1. The molecule has 0 aliphatic rings. The first-order valence-electron chi connectivity index (χ1n) is 4.30. The van der Waals surface area contributed by atoms with Crippen molar-refractivity contribution < 1.29 is 14.3 Å². The van der Waals surface area contributed by atoms with E-state index in [4.69, 9.17) is 9.47 Å². The lowest BCUT2D eigenvalue weighted by molar-refractivity contribution is -0.0222. The number of hydrogen-bond acceptors (Lipinski definition) is 4. The Hall–Kier alpha value is -1.52. The van der Waals surface area contributed by atoms with Gasteiger partial charge in [0.15, 0.2) is 6.73 Å². The van der Waals surface area contributed by atoms with Gasteiger partial charge in [-0.05, 0) is 26.8 Å². The molecule has 0 aliphatic carbocycles. The van der Waals surface area contributed by atoms with Gasteiger partial charge >= 0.3 is 6.16 Å². The zero-order valence-electron chi connectivity index (χ0n) is 8.56. The van der Waals surface area contributed by atoms with Crippen LogP contribution in [0.3, 0.4) is 0 Å². The van der Waals surface area contributed by atoms with Crippen LogP contribution in [0.1, 0.15) is 20.8 Å². The Morgan fingerprint density at radius 3 is 2.71 bits per heavy atom. The van der Waals surface area contributed by atoms with Gasteiger partial charge < -0.3 is 9.47 Å². The van der Waals surface area contributed by atoms with E-state index < -0.39 is 11.8 Å². The van der Waals surface area contributed by atoms with Crippen LogP contribution in [0.4, 0.5) is 4.79 Å². The van der Waals surface area contributed by atoms with Crippen LogP contribution in [-0.4, -0.2) is 21.5 Å². The van der Waals surface area contributed by atoms with E-state index in [0.717, 1.165) is 0 Å². The Balaban J connectivity index is 2.29. The summed E-state index contributed by atoms with van der Waals surface area (Å²) in [6.45, 7) is 5.41. The van der Waals surface area contributed by atoms with Crippen LogP contribution in [-0.2, 0) is 16.2 Å². The van der Waals surface area contributed by atoms with Gasteiger partial charge in [-0.15, -0.1) is 0 Å². The molecule has 14 heavy (non-hydrogen) atoms. The van der Waals surface area contributed by atoms with Gasteiger partial charge in [0.1, 0.15) is 5.60 Å². The Labute approximate surface area is 82.6 Å². The summed E-state index contributed by atoms with van der Waals surface area (Å²) < 4.78 is 11.2. The number of carbonyl (C=O) groups is 1. The van der Waals surface area contributed by atoms with E-state index in [1.165, 1.54) is 4.68 Å². The molecule has 0 saturated heterocycles. The molecule has 1 aromatic rings. The monoisotopic (exact) mass is 198 g/mol. The van der Waals surface area contributed by atoms with Crippen LogP contribution in [0.15, 0.2) is 18.5 Å². The second-order valence-electron chi connectivity index (χ2n) is 3.78. The van der Waals surface area contributed by atoms with Crippen molar-refractivity contribution in [1.82, 2.24) is 9.78 Å². The molecule has 0 radical (unpaired) electrons. The summed E-state index contributed by atoms with van der Waals surface area (Å²) in [6, 6.07) is 1.75. The third-order valence-electron chi connectivity index (χ3n) is 1.26. The molecular weight excluding hydrogens is 184 g/mol. The number of rotatable bonds is 2. The van der Waals surface area contributed by atoms with Crippen molar-refractivity contribution >= 4 is 6.16 Å². The van der Waals surface area contributed by atoms with Crippen LogP contribution >= 0.6 is 0 Å². The molecule has 0 N–H and O–H groups in total. The van der Waals surface area contributed by atoms with Crippen LogP contribution < -0.4 is 0 Å². The average molecular weight is 198 g/mol. The van der Waals surface area contributed by atoms with E-state index in [2.05, 4.69) is 5.10 Å². The quantitative estimate of drug-likeness (QED) is 0.680. The lowest BCUT2D eigenvalue weighted by Crippen LogP contribution is -2.25. The number of hydrogen-bond donors (Lipinski definition) is 0. The van der Waals surface area contributed by atoms with Gasteiger partial charge in [-0.3, -0.25) is 0 Å². The van der Waals surface area contributed by atoms with E-state index >= 15 is 0 Å². The molecule has 1 heterocycles. The highest BCUT2D eigenvalue weighted by molar-refractivity contribution is 5.60. The number of ether oxygens (including phenoxy) is 2. The first-order chi connectivity index (χ1) is 6.47. The molecule has 0 unspecified atom stereocenters. The SMILES string of the molecule is CC(C)(C)OC(=O)OCn1cccn1. The average Bonchev–Trinajstić information content (AvgIpc) is 2.49. The van der Waals surface area contributed by atoms with Gasteiger partial charge in [-0.25, -0.2) is 9.48 Å². The smallest absolute Gasteiger partial charge is 0.429 e. The topological polar surface area (TPSA) is 53.4 Å². The molecule has 1 rings (SSSR count). The van der Waals surface area contributed by atoms with Crippen molar-refractivity contribution in [2.45, 2.75) is 33.1 Å². The minimum absolute atomic E-state index is 0.0713. The minimum atomic E-state index is -0.687. The van der Waals surface area contributed by atoms with Crippen molar-refractivity contribution in [2.24, 2.45) is 0 Å². The third-order valence-corrected chi connectivity index (χ3v) is 1.26. The highest BCUT2D eigenvalue weighted by atomic mass is 16.7. The summed E-state index contributed by atoms with van der Waals surface area (Å²) in [7, 11) is 0. The molecule has 0 fully saturated rings. The van der Waals surface area contributed by atoms with Crippen molar-refractivity contribution in [3.8, 4) is 0 Å². The van der Waals surface area contributed by atoms with Crippen LogP contribution in [0.2, 0.25) is 0 Å². The maximum absolute atomic E-state index is 11.1. The lowest BCUT2D eigenvalue weighted by atomic mass is 10.2. The van der Waals surface area contributed by atoms with Gasteiger partial charge in [0.25, 0.3) is 0 Å². The molecule has 0 spiro atoms. The molecule has 0 aliphatic heterocycles. The molecule has 0 amide bonds. The summed E-state index contributed by atoms with van der Waals surface area (Å²) in [6.07, 6.45) is 2.62. The van der Waals surface area contributed by atoms with Gasteiger partial charge in [-0.1, -0.05) is 0 Å². The molecule has 78 valence electrons. The fourth-order valence-electron chi connectivity index (χ4n) is 0.775. The molecule has 0 atom stereocenters. The molecular formula is C9H14N2O3. The molecule has 0 bridgehead atoms. The summed E-state index contributed by atoms with van der Waals surface area (Å²) in [5.41, 5.74) is -0.527. The zero-order valence-corrected chi connectivity index (χ0v) is 8.56. The van der Waals surface area contributed by atoms with Crippen molar-refractivity contribution in [3.05, 3.63) is 18.5 Å². The summed E-state index contributed by atoms with van der Waals surface area (Å²) in [5.74, 6) is 0. The predicted octanol–water partition coefficient (Wildman–Crippen LogP) is 1.79. The largest absolute Gasteiger partial charge is 0.510 e.